The predicted molar refractivity (Wildman–Crippen MR) is 87.7 cm³/mol. The molecule has 2 rings (SSSR count). The molecule has 0 heterocycles. The van der Waals surface area contributed by atoms with Gasteiger partial charge in [-0.3, -0.25) is 0 Å². The van der Waals surface area contributed by atoms with E-state index in [0.29, 0.717) is 16.5 Å². The SMILES string of the molecule is CCNC(Cc1cc(F)ccc1C)c1cc(Cl)cc(Cl)c1. The Bertz CT molecular complexity index is 608. The highest BCUT2D eigenvalue weighted by molar-refractivity contribution is 6.34. The molecule has 0 saturated heterocycles. The summed E-state index contributed by atoms with van der Waals surface area (Å²) in [6.07, 6.45) is 0.689. The van der Waals surface area contributed by atoms with Gasteiger partial charge in [-0.2, -0.15) is 0 Å². The molecule has 1 atom stereocenters. The van der Waals surface area contributed by atoms with Gasteiger partial charge in [0.2, 0.25) is 0 Å². The molecule has 0 saturated carbocycles. The van der Waals surface area contributed by atoms with Gasteiger partial charge in [0, 0.05) is 16.1 Å². The van der Waals surface area contributed by atoms with Crippen LogP contribution in [0.4, 0.5) is 4.39 Å². The first kappa shape index (κ1) is 16.3. The van der Waals surface area contributed by atoms with Gasteiger partial charge in [0.15, 0.2) is 0 Å². The van der Waals surface area contributed by atoms with Crippen molar-refractivity contribution in [2.24, 2.45) is 0 Å². The summed E-state index contributed by atoms with van der Waals surface area (Å²) in [4.78, 5) is 0. The fourth-order valence-corrected chi connectivity index (χ4v) is 2.95. The molecular weight excluding hydrogens is 308 g/mol. The molecule has 112 valence electrons. The summed E-state index contributed by atoms with van der Waals surface area (Å²) in [5.74, 6) is -0.213. The summed E-state index contributed by atoms with van der Waals surface area (Å²) in [5, 5.41) is 4.62. The normalized spacial score (nSPS) is 12.4. The number of hydrogen-bond acceptors (Lipinski definition) is 1. The first-order valence-electron chi connectivity index (χ1n) is 6.94. The topological polar surface area (TPSA) is 12.0 Å². The second kappa shape index (κ2) is 7.26. The van der Waals surface area contributed by atoms with Crippen LogP contribution in [0.15, 0.2) is 36.4 Å². The Hall–Kier alpha value is -1.09. The van der Waals surface area contributed by atoms with E-state index in [4.69, 9.17) is 23.2 Å². The van der Waals surface area contributed by atoms with Gasteiger partial charge in [0.05, 0.1) is 0 Å². The fraction of sp³-hybridized carbons (Fsp3) is 0.294. The van der Waals surface area contributed by atoms with Crippen LogP contribution in [0.2, 0.25) is 10.0 Å². The summed E-state index contributed by atoms with van der Waals surface area (Å²) in [5.41, 5.74) is 3.07. The lowest BCUT2D eigenvalue weighted by Gasteiger charge is -2.20. The lowest BCUT2D eigenvalue weighted by atomic mass is 9.96. The minimum absolute atomic E-state index is 0.0479. The van der Waals surface area contributed by atoms with E-state index in [0.717, 1.165) is 23.2 Å². The molecule has 0 spiro atoms. The summed E-state index contributed by atoms with van der Waals surface area (Å²) >= 11 is 12.2. The number of hydrogen-bond donors (Lipinski definition) is 1. The third-order valence-corrected chi connectivity index (χ3v) is 3.91. The van der Waals surface area contributed by atoms with E-state index in [9.17, 15) is 4.39 Å². The Morgan fingerprint density at radius 2 is 1.76 bits per heavy atom. The highest BCUT2D eigenvalue weighted by Crippen LogP contribution is 2.27. The van der Waals surface area contributed by atoms with Gasteiger partial charge in [0.25, 0.3) is 0 Å². The molecule has 0 amide bonds. The molecule has 0 fully saturated rings. The van der Waals surface area contributed by atoms with Crippen LogP contribution in [-0.4, -0.2) is 6.54 Å². The van der Waals surface area contributed by atoms with Crippen LogP contribution in [0.25, 0.3) is 0 Å². The molecule has 21 heavy (non-hydrogen) atoms. The monoisotopic (exact) mass is 325 g/mol. The highest BCUT2D eigenvalue weighted by atomic mass is 35.5. The number of benzene rings is 2. The highest BCUT2D eigenvalue weighted by Gasteiger charge is 2.14. The average Bonchev–Trinajstić information content (AvgIpc) is 2.41. The van der Waals surface area contributed by atoms with Crippen LogP contribution in [0.5, 0.6) is 0 Å². The van der Waals surface area contributed by atoms with Gasteiger partial charge in [0.1, 0.15) is 5.82 Å². The molecule has 0 aliphatic rings. The zero-order valence-electron chi connectivity index (χ0n) is 12.1. The zero-order chi connectivity index (χ0) is 15.4. The molecule has 1 nitrogen and oxygen atoms in total. The van der Waals surface area contributed by atoms with E-state index >= 15 is 0 Å². The number of likely N-dealkylation sites (N-methyl/N-ethyl adjacent to an activating group) is 1. The minimum atomic E-state index is -0.213. The third-order valence-electron chi connectivity index (χ3n) is 3.47. The van der Waals surface area contributed by atoms with Crippen molar-refractivity contribution < 1.29 is 4.39 Å². The summed E-state index contributed by atoms with van der Waals surface area (Å²) in [6.45, 7) is 4.84. The number of halogens is 3. The Kier molecular flexibility index (Phi) is 5.63. The number of nitrogens with one attached hydrogen (secondary N) is 1. The van der Waals surface area contributed by atoms with Crippen LogP contribution < -0.4 is 5.32 Å². The first-order chi connectivity index (χ1) is 9.99. The van der Waals surface area contributed by atoms with Crippen molar-refractivity contribution in [3.8, 4) is 0 Å². The smallest absolute Gasteiger partial charge is 0.123 e. The summed E-state index contributed by atoms with van der Waals surface area (Å²) in [6, 6.07) is 10.4. The summed E-state index contributed by atoms with van der Waals surface area (Å²) < 4.78 is 13.5. The van der Waals surface area contributed by atoms with Crippen molar-refractivity contribution >= 4 is 23.2 Å². The standard InChI is InChI=1S/C17H18Cl2FN/c1-3-21-17(13-6-14(18)10-15(19)7-13)9-12-8-16(20)5-4-11(12)2/h4-8,10,17,21H,3,9H2,1-2H3. The first-order valence-corrected chi connectivity index (χ1v) is 7.69. The molecule has 4 heteroatoms. The van der Waals surface area contributed by atoms with Gasteiger partial charge in [-0.15, -0.1) is 0 Å². The Morgan fingerprint density at radius 1 is 1.10 bits per heavy atom. The van der Waals surface area contributed by atoms with Crippen LogP contribution in [0, 0.1) is 12.7 Å². The third kappa shape index (κ3) is 4.44. The number of rotatable bonds is 5. The van der Waals surface area contributed by atoms with E-state index in [1.165, 1.54) is 6.07 Å². The zero-order valence-corrected chi connectivity index (χ0v) is 13.6. The van der Waals surface area contributed by atoms with E-state index in [1.807, 2.05) is 26.0 Å². The molecule has 0 aliphatic heterocycles. The fourth-order valence-electron chi connectivity index (χ4n) is 2.41. The van der Waals surface area contributed by atoms with Crippen LogP contribution in [0.1, 0.15) is 29.7 Å². The van der Waals surface area contributed by atoms with E-state index in [1.54, 1.807) is 18.2 Å². The van der Waals surface area contributed by atoms with Crippen LogP contribution >= 0.6 is 23.2 Å². The molecule has 0 aromatic heterocycles. The van der Waals surface area contributed by atoms with Crippen molar-refractivity contribution in [3.05, 3.63) is 69.0 Å². The average molecular weight is 326 g/mol. The predicted octanol–water partition coefficient (Wildman–Crippen LogP) is 5.33. The maximum Gasteiger partial charge on any atom is 0.123 e. The van der Waals surface area contributed by atoms with E-state index in [-0.39, 0.29) is 11.9 Å². The molecule has 0 radical (unpaired) electrons. The van der Waals surface area contributed by atoms with Gasteiger partial charge < -0.3 is 5.32 Å². The lowest BCUT2D eigenvalue weighted by molar-refractivity contribution is 0.545. The molecule has 2 aromatic carbocycles. The Morgan fingerprint density at radius 3 is 2.38 bits per heavy atom. The van der Waals surface area contributed by atoms with Crippen molar-refractivity contribution in [3.63, 3.8) is 0 Å². The Balaban J connectivity index is 2.32. The molecular formula is C17H18Cl2FN. The van der Waals surface area contributed by atoms with E-state index in [2.05, 4.69) is 5.32 Å². The second-order valence-electron chi connectivity index (χ2n) is 5.09. The minimum Gasteiger partial charge on any atom is -0.310 e. The van der Waals surface area contributed by atoms with Gasteiger partial charge in [-0.05, 0) is 66.9 Å². The molecule has 1 N–H and O–H groups in total. The molecule has 0 aliphatic carbocycles. The van der Waals surface area contributed by atoms with E-state index < -0.39 is 0 Å². The lowest BCUT2D eigenvalue weighted by Crippen LogP contribution is -2.23. The molecule has 1 unspecified atom stereocenters. The quantitative estimate of drug-likeness (QED) is 0.782. The Labute approximate surface area is 135 Å². The summed E-state index contributed by atoms with van der Waals surface area (Å²) in [7, 11) is 0. The van der Waals surface area contributed by atoms with Crippen molar-refractivity contribution in [2.75, 3.05) is 6.54 Å². The molecule has 2 aromatic rings. The number of aryl methyl sites for hydroxylation is 1. The maximum atomic E-state index is 13.5. The van der Waals surface area contributed by atoms with Crippen LogP contribution in [0.3, 0.4) is 0 Å². The maximum absolute atomic E-state index is 13.5. The van der Waals surface area contributed by atoms with Crippen LogP contribution in [-0.2, 0) is 6.42 Å². The largest absolute Gasteiger partial charge is 0.310 e. The van der Waals surface area contributed by atoms with Crippen molar-refractivity contribution in [1.29, 1.82) is 0 Å². The van der Waals surface area contributed by atoms with Gasteiger partial charge in [-0.1, -0.05) is 36.2 Å². The second-order valence-corrected chi connectivity index (χ2v) is 5.96. The van der Waals surface area contributed by atoms with Gasteiger partial charge >= 0.3 is 0 Å². The van der Waals surface area contributed by atoms with Crippen molar-refractivity contribution in [2.45, 2.75) is 26.3 Å². The van der Waals surface area contributed by atoms with Crippen molar-refractivity contribution in [1.82, 2.24) is 5.32 Å². The van der Waals surface area contributed by atoms with Gasteiger partial charge in [-0.25, -0.2) is 4.39 Å². The molecule has 0 bridgehead atoms.